The second-order valence-electron chi connectivity index (χ2n) is 6.67. The minimum Gasteiger partial charge on any atom is -0.378 e. The average Bonchev–Trinajstić information content (AvgIpc) is 2.78. The molecule has 1 N–H and O–H groups in total. The number of H-pyrrole nitrogens is 1. The van der Waals surface area contributed by atoms with Crippen LogP contribution in [0.25, 0.3) is 12.2 Å². The van der Waals surface area contributed by atoms with Gasteiger partial charge in [0.1, 0.15) is 0 Å². The highest BCUT2D eigenvalue weighted by Gasteiger charge is 2.18. The van der Waals surface area contributed by atoms with Crippen molar-refractivity contribution >= 4 is 35.0 Å². The lowest BCUT2D eigenvalue weighted by Gasteiger charge is -2.12. The lowest BCUT2D eigenvalue weighted by atomic mass is 9.91. The number of ketones is 1. The topological polar surface area (TPSA) is 53.2 Å². The Hall–Kier alpha value is -2.14. The van der Waals surface area contributed by atoms with E-state index in [9.17, 15) is 9.59 Å². The fourth-order valence-electron chi connectivity index (χ4n) is 1.88. The number of nitrogens with one attached hydrogen (secondary N) is 1. The smallest absolute Gasteiger partial charge is 0.266 e. The molecule has 0 unspecified atom stereocenters. The zero-order valence-electron chi connectivity index (χ0n) is 14.1. The number of aromatic amines is 1. The summed E-state index contributed by atoms with van der Waals surface area (Å²) in [5, 5.41) is 0. The van der Waals surface area contributed by atoms with Crippen LogP contribution in [-0.2, 0) is 4.79 Å². The largest absolute Gasteiger partial charge is 0.378 e. The minimum atomic E-state index is -0.452. The number of rotatable bonds is 3. The first kappa shape index (κ1) is 17.2. The van der Waals surface area contributed by atoms with Crippen molar-refractivity contribution in [3.8, 4) is 0 Å². The Kier molecular flexibility index (Phi) is 4.90. The quantitative estimate of drug-likeness (QED) is 0.932. The third kappa shape index (κ3) is 4.42. The highest BCUT2D eigenvalue weighted by molar-refractivity contribution is 7.07. The number of hydrogen-bond donors (Lipinski definition) is 1. The van der Waals surface area contributed by atoms with Crippen LogP contribution < -0.4 is 19.7 Å². The van der Waals surface area contributed by atoms with E-state index >= 15 is 0 Å². The lowest BCUT2D eigenvalue weighted by molar-refractivity contribution is -0.119. The molecule has 4 nitrogen and oxygen atoms in total. The predicted molar refractivity (Wildman–Crippen MR) is 97.5 cm³/mol. The van der Waals surface area contributed by atoms with Gasteiger partial charge in [-0.15, -0.1) is 11.3 Å². The molecule has 23 heavy (non-hydrogen) atoms. The number of nitrogens with zero attached hydrogens (tertiary/aromatic N) is 1. The van der Waals surface area contributed by atoms with Gasteiger partial charge in [0, 0.05) is 31.3 Å². The van der Waals surface area contributed by atoms with Crippen LogP contribution in [0.4, 0.5) is 5.69 Å². The number of hydrogen-bond acceptors (Lipinski definition) is 4. The van der Waals surface area contributed by atoms with Gasteiger partial charge >= 0.3 is 0 Å². The Morgan fingerprint density at radius 1 is 1.17 bits per heavy atom. The van der Waals surface area contributed by atoms with Gasteiger partial charge in [0.25, 0.3) is 5.56 Å². The molecule has 0 saturated heterocycles. The zero-order valence-corrected chi connectivity index (χ0v) is 15.0. The molecule has 0 saturated carbocycles. The van der Waals surface area contributed by atoms with E-state index < -0.39 is 5.41 Å². The van der Waals surface area contributed by atoms with Gasteiger partial charge in [0.05, 0.1) is 9.20 Å². The number of Topliss-reactive ketones (excluding diaryl/α,β-unsaturated/α-hetero) is 1. The van der Waals surface area contributed by atoms with Crippen LogP contribution in [0.2, 0.25) is 0 Å². The summed E-state index contributed by atoms with van der Waals surface area (Å²) in [4.78, 5) is 28.8. The third-order valence-electron chi connectivity index (χ3n) is 3.39. The van der Waals surface area contributed by atoms with E-state index in [0.717, 1.165) is 11.3 Å². The Balaban J connectivity index is 2.40. The minimum absolute atomic E-state index is 0.00288. The first-order chi connectivity index (χ1) is 10.7. The standard InChI is InChI=1S/C18H22N2O2S/c1-18(2,3)15(21)11-16-19-17(22)14(23-16)10-12-6-8-13(9-7-12)20(4)5/h6-11H,1-5H3,(H,19,22)/b14-10-,16-11-. The highest BCUT2D eigenvalue weighted by atomic mass is 32.1. The van der Waals surface area contributed by atoms with Crippen molar-refractivity contribution < 1.29 is 4.79 Å². The molecule has 0 spiro atoms. The third-order valence-corrected chi connectivity index (χ3v) is 4.35. The molecule has 1 aromatic heterocycles. The second-order valence-corrected chi connectivity index (χ2v) is 7.76. The maximum Gasteiger partial charge on any atom is 0.266 e. The van der Waals surface area contributed by atoms with E-state index in [2.05, 4.69) is 4.98 Å². The molecule has 1 aromatic carbocycles. The summed E-state index contributed by atoms with van der Waals surface area (Å²) in [6.07, 6.45) is 3.35. The number of carbonyl (C=O) groups excluding carboxylic acids is 1. The van der Waals surface area contributed by atoms with Crippen LogP contribution in [-0.4, -0.2) is 24.9 Å². The van der Waals surface area contributed by atoms with E-state index in [1.165, 1.54) is 17.4 Å². The number of aromatic nitrogens is 1. The lowest BCUT2D eigenvalue weighted by Crippen LogP contribution is -2.22. The Labute approximate surface area is 139 Å². The van der Waals surface area contributed by atoms with E-state index in [-0.39, 0.29) is 11.3 Å². The Morgan fingerprint density at radius 3 is 2.30 bits per heavy atom. The molecule has 0 aliphatic rings. The van der Waals surface area contributed by atoms with Crippen LogP contribution in [0.3, 0.4) is 0 Å². The predicted octanol–water partition coefficient (Wildman–Crippen LogP) is 1.73. The van der Waals surface area contributed by atoms with Crippen LogP contribution in [0, 0.1) is 5.41 Å². The van der Waals surface area contributed by atoms with Crippen molar-refractivity contribution in [3.63, 3.8) is 0 Å². The number of carbonyl (C=O) groups is 1. The molecule has 0 fully saturated rings. The molecular weight excluding hydrogens is 308 g/mol. The summed E-state index contributed by atoms with van der Waals surface area (Å²) in [5.41, 5.74) is 1.44. The van der Waals surface area contributed by atoms with E-state index in [1.807, 2.05) is 70.1 Å². The van der Waals surface area contributed by atoms with Gasteiger partial charge in [-0.2, -0.15) is 0 Å². The fraction of sp³-hybridized carbons (Fsp3) is 0.333. The van der Waals surface area contributed by atoms with Crippen LogP contribution in [0.15, 0.2) is 29.1 Å². The van der Waals surface area contributed by atoms with Gasteiger partial charge in [0.2, 0.25) is 0 Å². The maximum absolute atomic E-state index is 12.0. The molecule has 0 aliphatic heterocycles. The molecule has 0 radical (unpaired) electrons. The molecule has 2 aromatic rings. The summed E-state index contributed by atoms with van der Waals surface area (Å²) >= 11 is 1.30. The van der Waals surface area contributed by atoms with Crippen LogP contribution >= 0.6 is 11.3 Å². The van der Waals surface area contributed by atoms with Crippen molar-refractivity contribution in [2.75, 3.05) is 19.0 Å². The summed E-state index contributed by atoms with van der Waals surface area (Å²) in [6.45, 7) is 5.57. The molecule has 0 aliphatic carbocycles. The Bertz CT molecular complexity index is 865. The summed E-state index contributed by atoms with van der Waals surface area (Å²) < 4.78 is 1.18. The molecule has 122 valence electrons. The normalized spacial score (nSPS) is 13.4. The molecule has 2 rings (SSSR count). The SMILES string of the molecule is CN(C)c1ccc(/C=c2\s/c(=C\C(=O)C(C)(C)C)[nH]c2=O)cc1. The van der Waals surface area contributed by atoms with Crippen molar-refractivity contribution in [1.29, 1.82) is 0 Å². The van der Waals surface area contributed by atoms with E-state index in [0.29, 0.717) is 9.20 Å². The maximum atomic E-state index is 12.0. The molecule has 1 heterocycles. The van der Waals surface area contributed by atoms with Crippen molar-refractivity contribution in [2.45, 2.75) is 20.8 Å². The van der Waals surface area contributed by atoms with Gasteiger partial charge in [-0.05, 0) is 23.8 Å². The van der Waals surface area contributed by atoms with Gasteiger partial charge in [0.15, 0.2) is 5.78 Å². The van der Waals surface area contributed by atoms with Crippen molar-refractivity contribution in [3.05, 3.63) is 49.4 Å². The van der Waals surface area contributed by atoms with Gasteiger partial charge in [-0.1, -0.05) is 32.9 Å². The van der Waals surface area contributed by atoms with Gasteiger partial charge < -0.3 is 9.88 Å². The van der Waals surface area contributed by atoms with Crippen LogP contribution in [0.5, 0.6) is 0 Å². The second kappa shape index (κ2) is 6.54. The van der Waals surface area contributed by atoms with Gasteiger partial charge in [-0.25, -0.2) is 0 Å². The molecule has 5 heteroatoms. The molecule has 0 atom stereocenters. The number of thiazole rings is 1. The number of benzene rings is 1. The van der Waals surface area contributed by atoms with E-state index in [4.69, 9.17) is 0 Å². The summed E-state index contributed by atoms with van der Waals surface area (Å²) in [6, 6.07) is 7.95. The van der Waals surface area contributed by atoms with Crippen molar-refractivity contribution in [2.24, 2.45) is 5.41 Å². The first-order valence-electron chi connectivity index (χ1n) is 7.41. The number of anilines is 1. The molecule has 0 amide bonds. The zero-order chi connectivity index (χ0) is 17.2. The van der Waals surface area contributed by atoms with E-state index in [1.54, 1.807) is 0 Å². The highest BCUT2D eigenvalue weighted by Crippen LogP contribution is 2.15. The molecular formula is C18H22N2O2S. The fourth-order valence-corrected chi connectivity index (χ4v) is 2.77. The Morgan fingerprint density at radius 2 is 1.78 bits per heavy atom. The first-order valence-corrected chi connectivity index (χ1v) is 8.23. The van der Waals surface area contributed by atoms with Gasteiger partial charge in [-0.3, -0.25) is 9.59 Å². The summed E-state index contributed by atoms with van der Waals surface area (Å²) in [7, 11) is 3.97. The molecule has 0 bridgehead atoms. The summed E-state index contributed by atoms with van der Waals surface area (Å²) in [5.74, 6) is -0.00288. The monoisotopic (exact) mass is 330 g/mol. The van der Waals surface area contributed by atoms with Crippen molar-refractivity contribution in [1.82, 2.24) is 4.98 Å². The average molecular weight is 330 g/mol. The van der Waals surface area contributed by atoms with Crippen LogP contribution in [0.1, 0.15) is 26.3 Å².